The molecule has 26 heavy (non-hydrogen) atoms. The van der Waals surface area contributed by atoms with Crippen molar-refractivity contribution in [1.29, 1.82) is 0 Å². The lowest BCUT2D eigenvalue weighted by Gasteiger charge is -2.33. The van der Waals surface area contributed by atoms with Gasteiger partial charge in [0.1, 0.15) is 5.60 Å². The summed E-state index contributed by atoms with van der Waals surface area (Å²) in [6.45, 7) is 8.38. The molecular weight excluding hydrogens is 324 g/mol. The van der Waals surface area contributed by atoms with E-state index in [1.807, 2.05) is 58.0 Å². The molecule has 4 heteroatoms. The highest BCUT2D eigenvalue weighted by Gasteiger charge is 2.31. The molecule has 0 spiro atoms. The summed E-state index contributed by atoms with van der Waals surface area (Å²) < 4.78 is 5.67. The van der Waals surface area contributed by atoms with Crippen LogP contribution in [-0.4, -0.2) is 17.6 Å². The molecule has 0 saturated heterocycles. The van der Waals surface area contributed by atoms with E-state index in [0.717, 1.165) is 24.1 Å². The third-order valence-corrected chi connectivity index (χ3v) is 4.91. The maximum Gasteiger partial charge on any atom is 0.335 e. The van der Waals surface area contributed by atoms with E-state index in [1.165, 1.54) is 24.8 Å². The molecule has 1 aliphatic carbocycles. The maximum absolute atomic E-state index is 12.8. The number of nitrogens with two attached hydrogens (primary N) is 1. The van der Waals surface area contributed by atoms with Gasteiger partial charge in [0.2, 0.25) is 0 Å². The first-order chi connectivity index (χ1) is 12.3. The second-order valence-corrected chi connectivity index (χ2v) is 8.24. The number of carbonyl (C=O) groups excluding carboxylic acids is 1. The number of esters is 1. The third kappa shape index (κ3) is 6.17. The first kappa shape index (κ1) is 20.5. The number of carbonyl (C=O) groups is 1. The van der Waals surface area contributed by atoms with Crippen molar-refractivity contribution in [2.45, 2.75) is 78.0 Å². The Morgan fingerprint density at radius 1 is 1.23 bits per heavy atom. The summed E-state index contributed by atoms with van der Waals surface area (Å²) >= 11 is 0. The molecule has 144 valence electrons. The molecule has 0 radical (unpaired) electrons. The van der Waals surface area contributed by atoms with E-state index in [9.17, 15) is 4.79 Å². The molecule has 1 fully saturated rings. The van der Waals surface area contributed by atoms with Crippen LogP contribution in [0.15, 0.2) is 35.9 Å². The predicted molar refractivity (Wildman–Crippen MR) is 108 cm³/mol. The number of hydrogen-bond acceptors (Lipinski definition) is 4. The third-order valence-electron chi connectivity index (χ3n) is 4.91. The van der Waals surface area contributed by atoms with Gasteiger partial charge in [-0.2, -0.15) is 0 Å². The molecule has 3 N–H and O–H groups in total. The summed E-state index contributed by atoms with van der Waals surface area (Å²) in [7, 11) is 0. The summed E-state index contributed by atoms with van der Waals surface area (Å²) in [5.74, 6) is 0.261. The standard InChI is InChI=1S/C22H34N2O2/c1-5-19(21(25)26-22(2,3)4)20(17-9-7-6-8-10-17)24-15-16-11-13-18(23)14-12-16/h5,11-14,17,20,24H,6-10,15,23H2,1-4H3/b19-5+/t20-/m0/s1. The van der Waals surface area contributed by atoms with Crippen LogP contribution in [0.25, 0.3) is 0 Å². The average molecular weight is 359 g/mol. The Morgan fingerprint density at radius 3 is 2.38 bits per heavy atom. The fraction of sp³-hybridized carbons (Fsp3) is 0.591. The van der Waals surface area contributed by atoms with Gasteiger partial charge >= 0.3 is 5.97 Å². The minimum Gasteiger partial charge on any atom is -0.457 e. The molecule has 1 aromatic carbocycles. The van der Waals surface area contributed by atoms with E-state index in [-0.39, 0.29) is 12.0 Å². The lowest BCUT2D eigenvalue weighted by Crippen LogP contribution is -2.42. The molecule has 0 amide bonds. The van der Waals surface area contributed by atoms with E-state index < -0.39 is 5.60 Å². The van der Waals surface area contributed by atoms with E-state index >= 15 is 0 Å². The summed E-state index contributed by atoms with van der Waals surface area (Å²) in [6, 6.07) is 7.91. The molecule has 1 atom stereocenters. The van der Waals surface area contributed by atoms with Crippen LogP contribution in [0.5, 0.6) is 0 Å². The van der Waals surface area contributed by atoms with Gasteiger partial charge < -0.3 is 15.8 Å². The Labute approximate surface area is 158 Å². The normalized spacial score (nSPS) is 17.8. The van der Waals surface area contributed by atoms with Crippen molar-refractivity contribution in [3.63, 3.8) is 0 Å². The zero-order valence-electron chi connectivity index (χ0n) is 16.7. The van der Waals surface area contributed by atoms with Crippen LogP contribution in [0.2, 0.25) is 0 Å². The molecule has 1 saturated carbocycles. The topological polar surface area (TPSA) is 64.3 Å². The van der Waals surface area contributed by atoms with Gasteiger partial charge in [0.25, 0.3) is 0 Å². The fourth-order valence-electron chi connectivity index (χ4n) is 3.62. The largest absolute Gasteiger partial charge is 0.457 e. The van der Waals surface area contributed by atoms with Crippen LogP contribution in [0.1, 0.15) is 65.4 Å². The Kier molecular flexibility index (Phi) is 7.27. The molecule has 2 rings (SSSR count). The van der Waals surface area contributed by atoms with E-state index in [0.29, 0.717) is 12.5 Å². The van der Waals surface area contributed by atoms with Gasteiger partial charge in [0.15, 0.2) is 0 Å². The van der Waals surface area contributed by atoms with Crippen molar-refractivity contribution in [3.8, 4) is 0 Å². The van der Waals surface area contributed by atoms with Gasteiger partial charge in [0, 0.05) is 18.3 Å². The molecule has 0 heterocycles. The van der Waals surface area contributed by atoms with Crippen LogP contribution in [0.3, 0.4) is 0 Å². The number of nitrogen functional groups attached to an aromatic ring is 1. The summed E-state index contributed by atoms with van der Waals surface area (Å²) in [4.78, 5) is 12.8. The van der Waals surface area contributed by atoms with E-state index in [1.54, 1.807) is 0 Å². The zero-order chi connectivity index (χ0) is 19.2. The van der Waals surface area contributed by atoms with Crippen molar-refractivity contribution < 1.29 is 9.53 Å². The van der Waals surface area contributed by atoms with Crippen molar-refractivity contribution in [3.05, 3.63) is 41.5 Å². The van der Waals surface area contributed by atoms with Gasteiger partial charge in [-0.1, -0.05) is 37.5 Å². The number of allylic oxidation sites excluding steroid dienone is 1. The average Bonchev–Trinajstić information content (AvgIpc) is 2.59. The van der Waals surface area contributed by atoms with Crippen molar-refractivity contribution in [1.82, 2.24) is 5.32 Å². The van der Waals surface area contributed by atoms with E-state index in [2.05, 4.69) is 5.32 Å². The molecule has 1 aromatic rings. The highest BCUT2D eigenvalue weighted by Crippen LogP contribution is 2.30. The quantitative estimate of drug-likeness (QED) is 0.443. The van der Waals surface area contributed by atoms with Gasteiger partial charge in [-0.3, -0.25) is 0 Å². The molecule has 0 aliphatic heterocycles. The van der Waals surface area contributed by atoms with Crippen molar-refractivity contribution in [2.75, 3.05) is 5.73 Å². The Hall–Kier alpha value is -1.81. The minimum absolute atomic E-state index is 0.0210. The number of rotatable bonds is 6. The molecule has 1 aliphatic rings. The molecule has 0 bridgehead atoms. The van der Waals surface area contributed by atoms with Crippen LogP contribution < -0.4 is 11.1 Å². The van der Waals surface area contributed by atoms with Crippen LogP contribution in [0.4, 0.5) is 5.69 Å². The Bertz CT molecular complexity index is 608. The summed E-state index contributed by atoms with van der Waals surface area (Å²) in [5, 5.41) is 3.63. The maximum atomic E-state index is 12.8. The van der Waals surface area contributed by atoms with Crippen molar-refractivity contribution >= 4 is 11.7 Å². The minimum atomic E-state index is -0.487. The highest BCUT2D eigenvalue weighted by atomic mass is 16.6. The van der Waals surface area contributed by atoms with Gasteiger partial charge in [-0.25, -0.2) is 4.79 Å². The summed E-state index contributed by atoms with van der Waals surface area (Å²) in [5.41, 5.74) is 7.97. The SMILES string of the molecule is C/C=C(/C(=O)OC(C)(C)C)[C@@H](NCc1ccc(N)cc1)C1CCCCC1. The molecular formula is C22H34N2O2. The number of ether oxygens (including phenoxy) is 1. The lowest BCUT2D eigenvalue weighted by atomic mass is 9.80. The number of hydrogen-bond donors (Lipinski definition) is 2. The van der Waals surface area contributed by atoms with E-state index in [4.69, 9.17) is 10.5 Å². The summed E-state index contributed by atoms with van der Waals surface area (Å²) in [6.07, 6.45) is 7.98. The van der Waals surface area contributed by atoms with Gasteiger partial charge in [-0.15, -0.1) is 0 Å². The first-order valence-electron chi connectivity index (χ1n) is 9.77. The second kappa shape index (κ2) is 9.22. The van der Waals surface area contributed by atoms with Crippen LogP contribution in [-0.2, 0) is 16.1 Å². The van der Waals surface area contributed by atoms with Crippen molar-refractivity contribution in [2.24, 2.45) is 5.92 Å². The number of anilines is 1. The fourth-order valence-corrected chi connectivity index (χ4v) is 3.62. The van der Waals surface area contributed by atoms with Crippen LogP contribution >= 0.6 is 0 Å². The van der Waals surface area contributed by atoms with Gasteiger partial charge in [0.05, 0.1) is 5.57 Å². The monoisotopic (exact) mass is 358 g/mol. The second-order valence-electron chi connectivity index (χ2n) is 8.24. The number of benzene rings is 1. The first-order valence-corrected chi connectivity index (χ1v) is 9.77. The Morgan fingerprint density at radius 2 is 1.85 bits per heavy atom. The van der Waals surface area contributed by atoms with Gasteiger partial charge in [-0.05, 0) is 64.2 Å². The molecule has 0 aromatic heterocycles. The molecule has 4 nitrogen and oxygen atoms in total. The Balaban J connectivity index is 2.15. The highest BCUT2D eigenvalue weighted by molar-refractivity contribution is 5.90. The lowest BCUT2D eigenvalue weighted by molar-refractivity contribution is -0.150. The number of nitrogens with one attached hydrogen (secondary N) is 1. The molecule has 0 unspecified atom stereocenters. The predicted octanol–water partition coefficient (Wildman–Crippen LogP) is 4.60. The van der Waals surface area contributed by atoms with Crippen LogP contribution in [0, 0.1) is 5.92 Å². The zero-order valence-corrected chi connectivity index (χ0v) is 16.7. The smallest absolute Gasteiger partial charge is 0.335 e.